The van der Waals surface area contributed by atoms with Gasteiger partial charge in [-0.05, 0) is 44.2 Å². The first kappa shape index (κ1) is 16.8. The van der Waals surface area contributed by atoms with E-state index in [2.05, 4.69) is 10.6 Å². The highest BCUT2D eigenvalue weighted by molar-refractivity contribution is 6.06. The number of ether oxygens (including phenoxy) is 1. The van der Waals surface area contributed by atoms with Crippen LogP contribution in [0.3, 0.4) is 0 Å². The van der Waals surface area contributed by atoms with Crippen LogP contribution in [0.25, 0.3) is 0 Å². The zero-order chi connectivity index (χ0) is 17.0. The molecule has 2 fully saturated rings. The molecule has 0 radical (unpaired) electrons. The van der Waals surface area contributed by atoms with E-state index < -0.39 is 5.41 Å². The number of para-hydroxylation sites is 1. The summed E-state index contributed by atoms with van der Waals surface area (Å²) in [5, 5.41) is 6.03. The molecule has 2 N–H and O–H groups in total. The fourth-order valence-electron chi connectivity index (χ4n) is 2.94. The molecule has 130 valence electrons. The molecule has 5 nitrogen and oxygen atoms in total. The lowest BCUT2D eigenvalue weighted by atomic mass is 9.67. The fourth-order valence-corrected chi connectivity index (χ4v) is 2.94. The molecule has 0 saturated heterocycles. The summed E-state index contributed by atoms with van der Waals surface area (Å²) in [6.07, 6.45) is 5.06. The summed E-state index contributed by atoms with van der Waals surface area (Å²) in [7, 11) is 0. The summed E-state index contributed by atoms with van der Waals surface area (Å²) in [6.45, 7) is 2.42. The van der Waals surface area contributed by atoms with E-state index in [1.807, 2.05) is 37.3 Å². The number of rotatable bonds is 8. The number of hydrogen-bond acceptors (Lipinski definition) is 3. The van der Waals surface area contributed by atoms with Gasteiger partial charge in [0, 0.05) is 6.04 Å². The van der Waals surface area contributed by atoms with Crippen molar-refractivity contribution in [2.45, 2.75) is 57.5 Å². The number of carbonyl (C=O) groups excluding carboxylic acids is 2. The van der Waals surface area contributed by atoms with Gasteiger partial charge in [-0.25, -0.2) is 0 Å². The van der Waals surface area contributed by atoms with E-state index in [4.69, 9.17) is 4.74 Å². The third-order valence-electron chi connectivity index (χ3n) is 5.01. The van der Waals surface area contributed by atoms with Gasteiger partial charge in [0.2, 0.25) is 11.8 Å². The summed E-state index contributed by atoms with van der Waals surface area (Å²) in [5.74, 6) is 0.554. The maximum Gasteiger partial charge on any atom is 0.236 e. The van der Waals surface area contributed by atoms with Crippen LogP contribution < -0.4 is 15.4 Å². The van der Waals surface area contributed by atoms with Gasteiger partial charge in [-0.1, -0.05) is 31.5 Å². The van der Waals surface area contributed by atoms with Crippen LogP contribution in [0.15, 0.2) is 30.3 Å². The molecular weight excluding hydrogens is 304 g/mol. The Morgan fingerprint density at radius 3 is 2.46 bits per heavy atom. The second-order valence-electron chi connectivity index (χ2n) is 6.89. The van der Waals surface area contributed by atoms with Gasteiger partial charge in [-0.3, -0.25) is 9.59 Å². The van der Waals surface area contributed by atoms with E-state index in [0.29, 0.717) is 19.4 Å². The summed E-state index contributed by atoms with van der Waals surface area (Å²) in [6, 6.07) is 9.75. The highest BCUT2D eigenvalue weighted by Crippen LogP contribution is 2.42. The van der Waals surface area contributed by atoms with E-state index in [1.54, 1.807) is 0 Å². The first-order valence-electron chi connectivity index (χ1n) is 8.94. The SMILES string of the molecule is CCC(COc1ccccc1)NC(=O)C1(C(=O)NC2CC2)CCC1. The van der Waals surface area contributed by atoms with Crippen LogP contribution in [0, 0.1) is 5.41 Å². The Morgan fingerprint density at radius 1 is 1.21 bits per heavy atom. The topological polar surface area (TPSA) is 67.4 Å². The summed E-state index contributed by atoms with van der Waals surface area (Å²) in [4.78, 5) is 25.2. The lowest BCUT2D eigenvalue weighted by Gasteiger charge is -2.39. The van der Waals surface area contributed by atoms with Crippen molar-refractivity contribution in [3.63, 3.8) is 0 Å². The van der Waals surface area contributed by atoms with Crippen LogP contribution in [0.1, 0.15) is 45.4 Å². The molecule has 0 spiro atoms. The molecular formula is C19H26N2O3. The Morgan fingerprint density at radius 2 is 1.92 bits per heavy atom. The molecule has 2 aliphatic rings. The van der Waals surface area contributed by atoms with E-state index >= 15 is 0 Å². The van der Waals surface area contributed by atoms with Crippen molar-refractivity contribution in [1.29, 1.82) is 0 Å². The minimum absolute atomic E-state index is 0.0902. The third-order valence-corrected chi connectivity index (χ3v) is 5.01. The summed E-state index contributed by atoms with van der Waals surface area (Å²) < 4.78 is 5.74. The number of nitrogens with one attached hydrogen (secondary N) is 2. The van der Waals surface area contributed by atoms with Crippen LogP contribution in [-0.2, 0) is 9.59 Å². The number of hydrogen-bond donors (Lipinski definition) is 2. The molecule has 0 heterocycles. The van der Waals surface area contributed by atoms with Crippen LogP contribution in [0.2, 0.25) is 0 Å². The Bertz CT molecular complexity index is 580. The maximum atomic E-state index is 12.7. The van der Waals surface area contributed by atoms with Gasteiger partial charge in [-0.2, -0.15) is 0 Å². The summed E-state index contributed by atoms with van der Waals surface area (Å²) >= 11 is 0. The molecule has 24 heavy (non-hydrogen) atoms. The zero-order valence-electron chi connectivity index (χ0n) is 14.2. The molecule has 2 saturated carbocycles. The Kier molecular flexibility index (Phi) is 5.07. The van der Waals surface area contributed by atoms with Gasteiger partial charge < -0.3 is 15.4 Å². The monoisotopic (exact) mass is 330 g/mol. The van der Waals surface area contributed by atoms with E-state index in [-0.39, 0.29) is 23.9 Å². The molecule has 2 amide bonds. The first-order valence-corrected chi connectivity index (χ1v) is 8.94. The van der Waals surface area contributed by atoms with Gasteiger partial charge in [-0.15, -0.1) is 0 Å². The van der Waals surface area contributed by atoms with Gasteiger partial charge in [0.15, 0.2) is 0 Å². The Hall–Kier alpha value is -2.04. The molecule has 1 atom stereocenters. The highest BCUT2D eigenvalue weighted by Gasteiger charge is 2.51. The Labute approximate surface area is 143 Å². The average Bonchev–Trinajstić information content (AvgIpc) is 3.35. The quantitative estimate of drug-likeness (QED) is 0.719. The number of carbonyl (C=O) groups is 2. The van der Waals surface area contributed by atoms with E-state index in [0.717, 1.165) is 31.4 Å². The number of amides is 2. The molecule has 0 aliphatic heterocycles. The minimum Gasteiger partial charge on any atom is -0.491 e. The van der Waals surface area contributed by atoms with Crippen LogP contribution in [0.5, 0.6) is 5.75 Å². The molecule has 1 aromatic rings. The van der Waals surface area contributed by atoms with E-state index in [9.17, 15) is 9.59 Å². The second-order valence-corrected chi connectivity index (χ2v) is 6.89. The molecule has 0 bridgehead atoms. The zero-order valence-corrected chi connectivity index (χ0v) is 14.2. The van der Waals surface area contributed by atoms with Crippen LogP contribution in [0.4, 0.5) is 0 Å². The Balaban J connectivity index is 1.55. The number of benzene rings is 1. The molecule has 2 aliphatic carbocycles. The van der Waals surface area contributed by atoms with Gasteiger partial charge in [0.25, 0.3) is 0 Å². The maximum absolute atomic E-state index is 12.7. The van der Waals surface area contributed by atoms with Crippen LogP contribution in [-0.4, -0.2) is 30.5 Å². The lowest BCUT2D eigenvalue weighted by molar-refractivity contribution is -0.150. The molecule has 1 aromatic carbocycles. The standard InChI is InChI=1S/C19H26N2O3/c1-2-14(13-24-16-7-4-3-5-8-16)20-17(22)19(11-6-12-19)18(23)21-15-9-10-15/h3-5,7-8,14-15H,2,6,9-13H2,1H3,(H,20,22)(H,21,23). The molecule has 3 rings (SSSR count). The predicted molar refractivity (Wildman–Crippen MR) is 91.6 cm³/mol. The van der Waals surface area contributed by atoms with Crippen molar-refractivity contribution >= 4 is 11.8 Å². The summed E-state index contributed by atoms with van der Waals surface area (Å²) in [5.41, 5.74) is -0.858. The van der Waals surface area contributed by atoms with Crippen molar-refractivity contribution in [2.75, 3.05) is 6.61 Å². The van der Waals surface area contributed by atoms with Crippen LogP contribution >= 0.6 is 0 Å². The van der Waals surface area contributed by atoms with Crippen molar-refractivity contribution in [2.24, 2.45) is 5.41 Å². The lowest BCUT2D eigenvalue weighted by Crippen LogP contribution is -2.57. The smallest absolute Gasteiger partial charge is 0.236 e. The van der Waals surface area contributed by atoms with Crippen molar-refractivity contribution in [1.82, 2.24) is 10.6 Å². The van der Waals surface area contributed by atoms with Gasteiger partial charge in [0.1, 0.15) is 17.8 Å². The normalized spacial score (nSPS) is 19.7. The fraction of sp³-hybridized carbons (Fsp3) is 0.579. The largest absolute Gasteiger partial charge is 0.491 e. The second kappa shape index (κ2) is 7.24. The van der Waals surface area contributed by atoms with Gasteiger partial charge >= 0.3 is 0 Å². The van der Waals surface area contributed by atoms with Gasteiger partial charge in [0.05, 0.1) is 6.04 Å². The van der Waals surface area contributed by atoms with Crippen molar-refractivity contribution < 1.29 is 14.3 Å². The predicted octanol–water partition coefficient (Wildman–Crippen LogP) is 2.41. The first-order chi connectivity index (χ1) is 11.6. The van der Waals surface area contributed by atoms with E-state index in [1.165, 1.54) is 0 Å². The highest BCUT2D eigenvalue weighted by atomic mass is 16.5. The molecule has 1 unspecified atom stereocenters. The average molecular weight is 330 g/mol. The van der Waals surface area contributed by atoms with Crippen molar-refractivity contribution in [3.8, 4) is 5.75 Å². The molecule has 5 heteroatoms. The van der Waals surface area contributed by atoms with Crippen molar-refractivity contribution in [3.05, 3.63) is 30.3 Å². The third kappa shape index (κ3) is 3.71. The molecule has 0 aromatic heterocycles. The minimum atomic E-state index is -0.858.